The first kappa shape index (κ1) is 18.3. The van der Waals surface area contributed by atoms with Gasteiger partial charge in [0, 0.05) is 7.05 Å². The monoisotopic (exact) mass is 406 g/mol. The van der Waals surface area contributed by atoms with Gasteiger partial charge in [-0.3, -0.25) is 0 Å². The van der Waals surface area contributed by atoms with Crippen molar-refractivity contribution >= 4 is 22.8 Å². The van der Waals surface area contributed by atoms with Gasteiger partial charge in [-0.1, -0.05) is 23.9 Å². The fourth-order valence-electron chi connectivity index (χ4n) is 2.67. The zero-order chi connectivity index (χ0) is 19.7. The number of hydrogen-bond acceptors (Lipinski definition) is 6. The summed E-state index contributed by atoms with van der Waals surface area (Å²) in [5, 5.41) is 12.1. The van der Waals surface area contributed by atoms with E-state index in [4.69, 9.17) is 0 Å². The van der Waals surface area contributed by atoms with Gasteiger partial charge in [0.2, 0.25) is 5.16 Å². The molecule has 0 atom stereocenters. The first-order valence-corrected chi connectivity index (χ1v) is 9.07. The van der Waals surface area contributed by atoms with E-state index in [-0.39, 0.29) is 5.75 Å². The van der Waals surface area contributed by atoms with E-state index in [1.54, 1.807) is 0 Å². The van der Waals surface area contributed by atoms with Crippen LogP contribution in [0, 0.1) is 0 Å². The van der Waals surface area contributed by atoms with Gasteiger partial charge in [-0.2, -0.15) is 4.68 Å². The number of aryl methyl sites for hydroxylation is 1. The summed E-state index contributed by atoms with van der Waals surface area (Å²) in [5.74, 6) is 1.08. The molecular weight excluding hydrogens is 393 g/mol. The van der Waals surface area contributed by atoms with E-state index < -0.39 is 6.36 Å². The Morgan fingerprint density at radius 3 is 2.54 bits per heavy atom. The quantitative estimate of drug-likeness (QED) is 0.470. The average Bonchev–Trinajstić information content (AvgIpc) is 3.24. The van der Waals surface area contributed by atoms with Crippen molar-refractivity contribution in [1.82, 2.24) is 29.8 Å². The molecule has 0 fully saturated rings. The number of halogens is 3. The first-order valence-electron chi connectivity index (χ1n) is 8.08. The van der Waals surface area contributed by atoms with E-state index in [2.05, 4.69) is 25.2 Å². The summed E-state index contributed by atoms with van der Waals surface area (Å²) in [5.41, 5.74) is 2.45. The largest absolute Gasteiger partial charge is 0.573 e. The molecular formula is C17H13F3N6OS. The molecule has 0 unspecified atom stereocenters. The second-order valence-electron chi connectivity index (χ2n) is 5.78. The summed E-state index contributed by atoms with van der Waals surface area (Å²) in [7, 11) is 1.94. The molecule has 0 N–H and O–H groups in total. The number of nitrogens with zero attached hydrogens (tertiary/aromatic N) is 6. The molecule has 0 aliphatic carbocycles. The minimum absolute atomic E-state index is 0.307. The van der Waals surface area contributed by atoms with E-state index in [0.717, 1.165) is 16.9 Å². The highest BCUT2D eigenvalue weighted by molar-refractivity contribution is 7.98. The fourth-order valence-corrected chi connectivity index (χ4v) is 3.55. The number of alkyl halides is 3. The van der Waals surface area contributed by atoms with Crippen LogP contribution in [0.1, 0.15) is 5.82 Å². The molecule has 0 aliphatic rings. The predicted octanol–water partition coefficient (Wildman–Crippen LogP) is 3.74. The lowest BCUT2D eigenvalue weighted by Crippen LogP contribution is -2.17. The Balaban J connectivity index is 1.52. The van der Waals surface area contributed by atoms with Crippen LogP contribution in [0.15, 0.2) is 53.7 Å². The van der Waals surface area contributed by atoms with Gasteiger partial charge in [-0.25, -0.2) is 4.98 Å². The zero-order valence-corrected chi connectivity index (χ0v) is 15.3. The van der Waals surface area contributed by atoms with Gasteiger partial charge in [0.1, 0.15) is 11.6 Å². The molecule has 28 heavy (non-hydrogen) atoms. The number of tetrazole rings is 1. The summed E-state index contributed by atoms with van der Waals surface area (Å²) >= 11 is 1.38. The van der Waals surface area contributed by atoms with E-state index in [1.807, 2.05) is 35.9 Å². The number of para-hydroxylation sites is 2. The summed E-state index contributed by atoms with van der Waals surface area (Å²) in [6, 6.07) is 13.2. The van der Waals surface area contributed by atoms with Gasteiger partial charge in [0.05, 0.1) is 22.5 Å². The molecule has 2 aromatic heterocycles. The number of rotatable bonds is 5. The van der Waals surface area contributed by atoms with Crippen LogP contribution in [0.5, 0.6) is 5.75 Å². The molecule has 0 radical (unpaired) electrons. The predicted molar refractivity (Wildman–Crippen MR) is 96.1 cm³/mol. The van der Waals surface area contributed by atoms with Crippen molar-refractivity contribution in [2.45, 2.75) is 17.3 Å². The van der Waals surface area contributed by atoms with Crippen LogP contribution in [0.3, 0.4) is 0 Å². The van der Waals surface area contributed by atoms with Crippen molar-refractivity contribution in [1.29, 1.82) is 0 Å². The summed E-state index contributed by atoms with van der Waals surface area (Å²) in [6.45, 7) is 0. The lowest BCUT2D eigenvalue weighted by Gasteiger charge is -2.09. The molecule has 0 spiro atoms. The van der Waals surface area contributed by atoms with E-state index in [0.29, 0.717) is 16.6 Å². The molecule has 4 aromatic rings. The molecule has 2 aromatic carbocycles. The average molecular weight is 406 g/mol. The minimum atomic E-state index is -4.73. The number of thioether (sulfide) groups is 1. The summed E-state index contributed by atoms with van der Waals surface area (Å²) in [4.78, 5) is 4.60. The molecule has 0 saturated heterocycles. The Morgan fingerprint density at radius 2 is 1.82 bits per heavy atom. The Labute approximate surface area is 161 Å². The molecule has 2 heterocycles. The second-order valence-corrected chi connectivity index (χ2v) is 6.72. The van der Waals surface area contributed by atoms with Crippen LogP contribution in [0.2, 0.25) is 0 Å². The summed E-state index contributed by atoms with van der Waals surface area (Å²) < 4.78 is 44.2. The van der Waals surface area contributed by atoms with Gasteiger partial charge in [-0.05, 0) is 46.8 Å². The maximum absolute atomic E-state index is 12.3. The SMILES string of the molecule is Cn1c(CSc2nnnn2-c2ccc(OC(F)(F)F)cc2)nc2ccccc21. The molecule has 11 heteroatoms. The van der Waals surface area contributed by atoms with Gasteiger partial charge in [0.15, 0.2) is 0 Å². The van der Waals surface area contributed by atoms with E-state index in [9.17, 15) is 13.2 Å². The zero-order valence-electron chi connectivity index (χ0n) is 14.5. The van der Waals surface area contributed by atoms with Crippen LogP contribution in [-0.4, -0.2) is 36.1 Å². The van der Waals surface area contributed by atoms with Crippen molar-refractivity contribution < 1.29 is 17.9 Å². The Morgan fingerprint density at radius 1 is 1.07 bits per heavy atom. The number of ether oxygens (including phenoxy) is 1. The highest BCUT2D eigenvalue weighted by atomic mass is 32.2. The van der Waals surface area contributed by atoms with Crippen molar-refractivity contribution in [3.8, 4) is 11.4 Å². The van der Waals surface area contributed by atoms with Crippen LogP contribution >= 0.6 is 11.8 Å². The molecule has 4 rings (SSSR count). The topological polar surface area (TPSA) is 70.7 Å². The van der Waals surface area contributed by atoms with E-state index >= 15 is 0 Å². The molecule has 0 saturated carbocycles. The maximum Gasteiger partial charge on any atom is 0.573 e. The van der Waals surface area contributed by atoms with Gasteiger partial charge >= 0.3 is 6.36 Å². The number of aromatic nitrogens is 6. The number of fused-ring (bicyclic) bond motifs is 1. The lowest BCUT2D eigenvalue weighted by molar-refractivity contribution is -0.274. The van der Waals surface area contributed by atoms with E-state index in [1.165, 1.54) is 40.7 Å². The normalized spacial score (nSPS) is 11.9. The minimum Gasteiger partial charge on any atom is -0.406 e. The third kappa shape index (κ3) is 3.79. The Hall–Kier alpha value is -3.08. The number of imidazole rings is 1. The molecule has 0 bridgehead atoms. The highest BCUT2D eigenvalue weighted by Crippen LogP contribution is 2.26. The van der Waals surface area contributed by atoms with Crippen LogP contribution in [0.4, 0.5) is 13.2 Å². The van der Waals surface area contributed by atoms with Crippen molar-refractivity contribution in [2.24, 2.45) is 7.05 Å². The number of hydrogen-bond donors (Lipinski definition) is 0. The first-order chi connectivity index (χ1) is 13.4. The second kappa shape index (κ2) is 7.15. The van der Waals surface area contributed by atoms with Crippen LogP contribution < -0.4 is 4.74 Å². The smallest absolute Gasteiger partial charge is 0.406 e. The van der Waals surface area contributed by atoms with Gasteiger partial charge in [-0.15, -0.1) is 18.3 Å². The lowest BCUT2D eigenvalue weighted by atomic mass is 10.3. The third-order valence-corrected chi connectivity index (χ3v) is 4.88. The fraction of sp³-hybridized carbons (Fsp3) is 0.176. The van der Waals surface area contributed by atoms with Crippen molar-refractivity contribution in [3.63, 3.8) is 0 Å². The Kier molecular flexibility index (Phi) is 4.67. The number of benzene rings is 2. The molecule has 0 amide bonds. The van der Waals surface area contributed by atoms with Gasteiger partial charge in [0.25, 0.3) is 0 Å². The van der Waals surface area contributed by atoms with Crippen LogP contribution in [-0.2, 0) is 12.8 Å². The third-order valence-electron chi connectivity index (χ3n) is 3.97. The molecule has 0 aliphatic heterocycles. The molecule has 7 nitrogen and oxygen atoms in total. The highest BCUT2D eigenvalue weighted by Gasteiger charge is 2.31. The maximum atomic E-state index is 12.3. The standard InChI is InChI=1S/C17H13F3N6OS/c1-25-14-5-3-2-4-13(14)21-15(25)10-28-16-22-23-24-26(16)11-6-8-12(9-7-11)27-17(18,19)20/h2-9H,10H2,1H3. The molecule has 144 valence electrons. The van der Waals surface area contributed by atoms with Crippen LogP contribution in [0.25, 0.3) is 16.7 Å². The van der Waals surface area contributed by atoms with Gasteiger partial charge < -0.3 is 9.30 Å². The summed E-state index contributed by atoms with van der Waals surface area (Å²) in [6.07, 6.45) is -4.73. The van der Waals surface area contributed by atoms with Crippen molar-refractivity contribution in [2.75, 3.05) is 0 Å². The van der Waals surface area contributed by atoms with Crippen molar-refractivity contribution in [3.05, 3.63) is 54.4 Å². The Bertz CT molecular complexity index is 1110.